The standard InChI is InChI=1S/C18H24N2O2S/c21-11-14-6-8-15(9-7-14)19-10-16-13-23-18(20-16)12-22-17-4-2-1-3-5-17/h1-5,13-15,19,21H,6-12H2. The van der Waals surface area contributed by atoms with Crippen molar-refractivity contribution in [1.82, 2.24) is 10.3 Å². The fraction of sp³-hybridized carbons (Fsp3) is 0.500. The van der Waals surface area contributed by atoms with Crippen LogP contribution in [0.1, 0.15) is 36.4 Å². The molecule has 0 saturated heterocycles. The second-order valence-corrected chi connectivity index (χ2v) is 7.06. The maximum Gasteiger partial charge on any atom is 0.140 e. The van der Waals surface area contributed by atoms with Crippen LogP contribution >= 0.6 is 11.3 Å². The molecule has 1 saturated carbocycles. The van der Waals surface area contributed by atoms with E-state index in [-0.39, 0.29) is 0 Å². The van der Waals surface area contributed by atoms with E-state index in [2.05, 4.69) is 15.7 Å². The summed E-state index contributed by atoms with van der Waals surface area (Å²) in [7, 11) is 0. The molecule has 0 amide bonds. The van der Waals surface area contributed by atoms with Gasteiger partial charge in [-0.1, -0.05) is 18.2 Å². The fourth-order valence-corrected chi connectivity index (χ4v) is 3.66. The second kappa shape index (κ2) is 8.43. The number of aliphatic hydroxyl groups is 1. The molecule has 2 N–H and O–H groups in total. The number of benzene rings is 1. The number of hydrogen-bond donors (Lipinski definition) is 2. The molecule has 2 aromatic rings. The van der Waals surface area contributed by atoms with Gasteiger partial charge < -0.3 is 15.2 Å². The van der Waals surface area contributed by atoms with Gasteiger partial charge in [0.1, 0.15) is 17.4 Å². The molecule has 23 heavy (non-hydrogen) atoms. The fourth-order valence-electron chi connectivity index (χ4n) is 2.96. The number of ether oxygens (including phenoxy) is 1. The Kier molecular flexibility index (Phi) is 6.02. The third-order valence-corrected chi connectivity index (χ3v) is 5.25. The quantitative estimate of drug-likeness (QED) is 0.816. The largest absolute Gasteiger partial charge is 0.486 e. The lowest BCUT2D eigenvalue weighted by Gasteiger charge is -2.27. The molecule has 4 nitrogen and oxygen atoms in total. The minimum Gasteiger partial charge on any atom is -0.486 e. The van der Waals surface area contributed by atoms with Crippen LogP contribution in [0, 0.1) is 5.92 Å². The molecule has 1 aliphatic rings. The monoisotopic (exact) mass is 332 g/mol. The van der Waals surface area contributed by atoms with Gasteiger partial charge in [0, 0.05) is 24.6 Å². The van der Waals surface area contributed by atoms with Gasteiger partial charge in [0.15, 0.2) is 0 Å². The Balaban J connectivity index is 1.41. The molecule has 124 valence electrons. The number of nitrogens with one attached hydrogen (secondary N) is 1. The summed E-state index contributed by atoms with van der Waals surface area (Å²) in [5, 5.41) is 15.9. The molecular weight excluding hydrogens is 308 g/mol. The molecule has 1 heterocycles. The summed E-state index contributed by atoms with van der Waals surface area (Å²) in [5.74, 6) is 1.39. The lowest BCUT2D eigenvalue weighted by atomic mass is 9.86. The highest BCUT2D eigenvalue weighted by Gasteiger charge is 2.20. The second-order valence-electron chi connectivity index (χ2n) is 6.12. The van der Waals surface area contributed by atoms with Crippen molar-refractivity contribution in [2.45, 2.75) is 44.9 Å². The van der Waals surface area contributed by atoms with Crippen molar-refractivity contribution >= 4 is 11.3 Å². The SMILES string of the molecule is OCC1CCC(NCc2csc(COc3ccccc3)n2)CC1. The van der Waals surface area contributed by atoms with Crippen LogP contribution in [-0.4, -0.2) is 22.7 Å². The lowest BCUT2D eigenvalue weighted by Crippen LogP contribution is -2.33. The third-order valence-electron chi connectivity index (χ3n) is 4.38. The molecular formula is C18H24N2O2S. The van der Waals surface area contributed by atoms with Gasteiger partial charge in [0.25, 0.3) is 0 Å². The summed E-state index contributed by atoms with van der Waals surface area (Å²) in [6, 6.07) is 10.4. The van der Waals surface area contributed by atoms with E-state index in [9.17, 15) is 5.11 Å². The van der Waals surface area contributed by atoms with Crippen LogP contribution in [0.15, 0.2) is 35.7 Å². The summed E-state index contributed by atoms with van der Waals surface area (Å²) in [5.41, 5.74) is 1.09. The highest BCUT2D eigenvalue weighted by molar-refractivity contribution is 7.09. The molecule has 0 unspecified atom stereocenters. The zero-order valence-electron chi connectivity index (χ0n) is 13.3. The molecule has 1 aliphatic carbocycles. The summed E-state index contributed by atoms with van der Waals surface area (Å²) in [4.78, 5) is 4.63. The van der Waals surface area contributed by atoms with Gasteiger partial charge in [0.2, 0.25) is 0 Å². The Bertz CT molecular complexity index is 580. The van der Waals surface area contributed by atoms with Crippen LogP contribution in [0.25, 0.3) is 0 Å². The van der Waals surface area contributed by atoms with Crippen LogP contribution < -0.4 is 10.1 Å². The number of aromatic nitrogens is 1. The van der Waals surface area contributed by atoms with Gasteiger partial charge in [-0.15, -0.1) is 11.3 Å². The Hall–Kier alpha value is -1.43. The van der Waals surface area contributed by atoms with Crippen LogP contribution in [0.5, 0.6) is 5.75 Å². The van der Waals surface area contributed by atoms with E-state index < -0.39 is 0 Å². The van der Waals surface area contributed by atoms with E-state index in [1.54, 1.807) is 11.3 Å². The number of aliphatic hydroxyl groups excluding tert-OH is 1. The summed E-state index contributed by atoms with van der Waals surface area (Å²) >= 11 is 1.65. The molecule has 1 aromatic heterocycles. The molecule has 5 heteroatoms. The highest BCUT2D eigenvalue weighted by atomic mass is 32.1. The van der Waals surface area contributed by atoms with Crippen molar-refractivity contribution in [2.75, 3.05) is 6.61 Å². The average molecular weight is 332 g/mol. The van der Waals surface area contributed by atoms with Crippen molar-refractivity contribution < 1.29 is 9.84 Å². The van der Waals surface area contributed by atoms with Crippen molar-refractivity contribution in [2.24, 2.45) is 5.92 Å². The Morgan fingerprint density at radius 3 is 2.70 bits per heavy atom. The zero-order chi connectivity index (χ0) is 15.9. The number of nitrogens with zero attached hydrogens (tertiary/aromatic N) is 1. The third kappa shape index (κ3) is 5.03. The molecule has 0 aliphatic heterocycles. The van der Waals surface area contributed by atoms with Crippen LogP contribution in [-0.2, 0) is 13.2 Å². The minimum atomic E-state index is 0.337. The average Bonchev–Trinajstić information content (AvgIpc) is 3.07. The van der Waals surface area contributed by atoms with Crippen LogP contribution in [0.3, 0.4) is 0 Å². The van der Waals surface area contributed by atoms with Crippen molar-refractivity contribution in [3.8, 4) is 5.75 Å². The maximum absolute atomic E-state index is 9.18. The van der Waals surface area contributed by atoms with E-state index in [1.165, 1.54) is 0 Å². The molecule has 1 fully saturated rings. The molecule has 3 rings (SSSR count). The number of hydrogen-bond acceptors (Lipinski definition) is 5. The first-order valence-electron chi connectivity index (χ1n) is 8.29. The van der Waals surface area contributed by atoms with Gasteiger partial charge >= 0.3 is 0 Å². The van der Waals surface area contributed by atoms with Crippen molar-refractivity contribution in [1.29, 1.82) is 0 Å². The van der Waals surface area contributed by atoms with Crippen molar-refractivity contribution in [3.63, 3.8) is 0 Å². The van der Waals surface area contributed by atoms with E-state index in [1.807, 2.05) is 30.3 Å². The molecule has 0 bridgehead atoms. The van der Waals surface area contributed by atoms with Gasteiger partial charge in [-0.05, 0) is 43.7 Å². The van der Waals surface area contributed by atoms with E-state index in [0.717, 1.165) is 48.7 Å². The van der Waals surface area contributed by atoms with E-state index >= 15 is 0 Å². The predicted molar refractivity (Wildman–Crippen MR) is 92.6 cm³/mol. The summed E-state index contributed by atoms with van der Waals surface area (Å²) in [6.45, 7) is 1.68. The van der Waals surface area contributed by atoms with Gasteiger partial charge in [-0.2, -0.15) is 0 Å². The molecule has 0 atom stereocenters. The first-order valence-corrected chi connectivity index (χ1v) is 9.17. The molecule has 1 aromatic carbocycles. The topological polar surface area (TPSA) is 54.4 Å². The highest BCUT2D eigenvalue weighted by Crippen LogP contribution is 2.24. The van der Waals surface area contributed by atoms with Crippen LogP contribution in [0.4, 0.5) is 0 Å². The number of thiazole rings is 1. The molecule has 0 spiro atoms. The minimum absolute atomic E-state index is 0.337. The van der Waals surface area contributed by atoms with Gasteiger partial charge in [-0.25, -0.2) is 4.98 Å². The number of para-hydroxylation sites is 1. The van der Waals surface area contributed by atoms with E-state index in [4.69, 9.17) is 4.74 Å². The first kappa shape index (κ1) is 16.4. The first-order chi connectivity index (χ1) is 11.3. The Morgan fingerprint density at radius 1 is 1.17 bits per heavy atom. The predicted octanol–water partition coefficient (Wildman–Crippen LogP) is 3.36. The normalized spacial score (nSPS) is 21.3. The zero-order valence-corrected chi connectivity index (χ0v) is 14.1. The molecule has 0 radical (unpaired) electrons. The van der Waals surface area contributed by atoms with Gasteiger partial charge in [0.05, 0.1) is 5.69 Å². The Labute approximate surface area is 141 Å². The van der Waals surface area contributed by atoms with Crippen molar-refractivity contribution in [3.05, 3.63) is 46.4 Å². The smallest absolute Gasteiger partial charge is 0.140 e. The van der Waals surface area contributed by atoms with Crippen LogP contribution in [0.2, 0.25) is 0 Å². The van der Waals surface area contributed by atoms with Gasteiger partial charge in [-0.3, -0.25) is 0 Å². The number of rotatable bonds is 7. The Morgan fingerprint density at radius 2 is 1.96 bits per heavy atom. The summed E-state index contributed by atoms with van der Waals surface area (Å²) < 4.78 is 5.73. The maximum atomic E-state index is 9.18. The van der Waals surface area contributed by atoms with E-state index in [0.29, 0.717) is 25.2 Å². The summed E-state index contributed by atoms with van der Waals surface area (Å²) in [6.07, 6.45) is 4.56. The lowest BCUT2D eigenvalue weighted by molar-refractivity contribution is 0.175.